The van der Waals surface area contributed by atoms with Crippen LogP contribution in [0.2, 0.25) is 0 Å². The lowest BCUT2D eigenvalue weighted by molar-refractivity contribution is 0.974. The van der Waals surface area contributed by atoms with Gasteiger partial charge in [0.1, 0.15) is 10.9 Å². The maximum absolute atomic E-state index is 8.45. The summed E-state index contributed by atoms with van der Waals surface area (Å²) in [5, 5.41) is 10.4. The Kier molecular flexibility index (Phi) is 4.88. The van der Waals surface area contributed by atoms with Crippen LogP contribution in [0.1, 0.15) is 10.4 Å². The zero-order valence-corrected chi connectivity index (χ0v) is 7.54. The van der Waals surface area contributed by atoms with E-state index in [1.165, 1.54) is 16.9 Å². The van der Waals surface area contributed by atoms with Crippen LogP contribution < -0.4 is 5.73 Å². The molecule has 0 radical (unpaired) electrons. The van der Waals surface area contributed by atoms with Crippen molar-refractivity contribution in [3.63, 3.8) is 0 Å². The van der Waals surface area contributed by atoms with E-state index in [1.807, 2.05) is 11.4 Å². The van der Waals surface area contributed by atoms with Crippen molar-refractivity contribution >= 4 is 23.7 Å². The maximum atomic E-state index is 8.45. The molecule has 1 rings (SSSR count). The normalized spacial score (nSPS) is 8.36. The van der Waals surface area contributed by atoms with Gasteiger partial charge in [0.15, 0.2) is 0 Å². The Bertz CT molecular complexity index is 251. The summed E-state index contributed by atoms with van der Waals surface area (Å²) in [6.07, 6.45) is 0.873. The van der Waals surface area contributed by atoms with Crippen LogP contribution in [0.25, 0.3) is 0 Å². The molecule has 11 heavy (non-hydrogen) atoms. The van der Waals surface area contributed by atoms with E-state index in [2.05, 4.69) is 6.07 Å². The molecule has 4 heteroatoms. The Balaban J connectivity index is 0.000001000. The fourth-order valence-corrected chi connectivity index (χ4v) is 1.47. The highest BCUT2D eigenvalue weighted by Gasteiger charge is 1.95. The SMILES string of the molecule is Cl.N#Cc1cc(CCN)cs1. The molecule has 60 valence electrons. The molecule has 0 fully saturated rings. The number of hydrogen-bond acceptors (Lipinski definition) is 3. The second kappa shape index (κ2) is 5.14. The van der Waals surface area contributed by atoms with Gasteiger partial charge in [0, 0.05) is 0 Å². The van der Waals surface area contributed by atoms with Gasteiger partial charge in [-0.1, -0.05) is 0 Å². The Morgan fingerprint density at radius 2 is 2.36 bits per heavy atom. The van der Waals surface area contributed by atoms with Crippen LogP contribution in [0, 0.1) is 11.3 Å². The lowest BCUT2D eigenvalue weighted by Gasteiger charge is -1.86. The van der Waals surface area contributed by atoms with Crippen LogP contribution >= 0.6 is 23.7 Å². The molecule has 0 aliphatic heterocycles. The molecule has 1 aromatic rings. The number of thiophene rings is 1. The predicted octanol–water partition coefficient (Wildman–Crippen LogP) is 1.54. The van der Waals surface area contributed by atoms with E-state index in [1.54, 1.807) is 0 Å². The van der Waals surface area contributed by atoms with Crippen LogP contribution in [-0.2, 0) is 6.42 Å². The minimum absolute atomic E-state index is 0. The van der Waals surface area contributed by atoms with Gasteiger partial charge in [0.25, 0.3) is 0 Å². The highest BCUT2D eigenvalue weighted by Crippen LogP contribution is 2.12. The Morgan fingerprint density at radius 3 is 2.82 bits per heavy atom. The average Bonchev–Trinajstić information content (AvgIpc) is 2.37. The van der Waals surface area contributed by atoms with E-state index >= 15 is 0 Å². The number of halogens is 1. The van der Waals surface area contributed by atoms with E-state index in [0.717, 1.165) is 11.3 Å². The number of hydrogen-bond donors (Lipinski definition) is 1. The van der Waals surface area contributed by atoms with E-state index in [-0.39, 0.29) is 12.4 Å². The van der Waals surface area contributed by atoms with Gasteiger partial charge >= 0.3 is 0 Å². The molecule has 1 heterocycles. The largest absolute Gasteiger partial charge is 0.330 e. The topological polar surface area (TPSA) is 49.8 Å². The molecular weight excluding hydrogens is 180 g/mol. The van der Waals surface area contributed by atoms with Gasteiger partial charge in [-0.05, 0) is 30.0 Å². The summed E-state index contributed by atoms with van der Waals surface area (Å²) in [7, 11) is 0. The summed E-state index contributed by atoms with van der Waals surface area (Å²) in [4.78, 5) is 0.767. The van der Waals surface area contributed by atoms with Gasteiger partial charge < -0.3 is 5.73 Å². The fourth-order valence-electron chi connectivity index (χ4n) is 0.732. The fraction of sp³-hybridized carbons (Fsp3) is 0.286. The standard InChI is InChI=1S/C7H8N2S.ClH/c8-2-1-6-3-7(4-9)10-5-6;/h3,5H,1-2,8H2;1H. The van der Waals surface area contributed by atoms with Crippen molar-refractivity contribution in [1.82, 2.24) is 0 Å². The zero-order valence-electron chi connectivity index (χ0n) is 5.91. The van der Waals surface area contributed by atoms with Gasteiger partial charge in [0.2, 0.25) is 0 Å². The van der Waals surface area contributed by atoms with Crippen LogP contribution in [-0.4, -0.2) is 6.54 Å². The van der Waals surface area contributed by atoms with E-state index in [4.69, 9.17) is 11.0 Å². The molecule has 0 saturated heterocycles. The molecule has 2 nitrogen and oxygen atoms in total. The highest BCUT2D eigenvalue weighted by molar-refractivity contribution is 7.10. The Labute approximate surface area is 76.1 Å². The van der Waals surface area contributed by atoms with E-state index in [0.29, 0.717) is 6.54 Å². The lowest BCUT2D eigenvalue weighted by atomic mass is 10.2. The van der Waals surface area contributed by atoms with Crippen LogP contribution in [0.3, 0.4) is 0 Å². The molecule has 0 amide bonds. The smallest absolute Gasteiger partial charge is 0.110 e. The van der Waals surface area contributed by atoms with Crippen molar-refractivity contribution in [2.24, 2.45) is 5.73 Å². The molecule has 0 spiro atoms. The predicted molar refractivity (Wildman–Crippen MR) is 49.0 cm³/mol. The summed E-state index contributed by atoms with van der Waals surface area (Å²) in [5.41, 5.74) is 6.50. The second-order valence-electron chi connectivity index (χ2n) is 1.97. The minimum atomic E-state index is 0. The molecule has 0 aromatic carbocycles. The third-order valence-corrected chi connectivity index (χ3v) is 2.08. The first kappa shape index (κ1) is 10.4. The maximum Gasteiger partial charge on any atom is 0.110 e. The third-order valence-electron chi connectivity index (χ3n) is 1.20. The monoisotopic (exact) mass is 188 g/mol. The summed E-state index contributed by atoms with van der Waals surface area (Å²) < 4.78 is 0. The van der Waals surface area contributed by atoms with Gasteiger partial charge in [-0.3, -0.25) is 0 Å². The van der Waals surface area contributed by atoms with Crippen molar-refractivity contribution in [1.29, 1.82) is 5.26 Å². The van der Waals surface area contributed by atoms with E-state index < -0.39 is 0 Å². The Morgan fingerprint density at radius 1 is 1.64 bits per heavy atom. The van der Waals surface area contributed by atoms with Crippen molar-refractivity contribution in [2.75, 3.05) is 6.54 Å². The van der Waals surface area contributed by atoms with Gasteiger partial charge in [-0.25, -0.2) is 0 Å². The number of nitrogens with zero attached hydrogens (tertiary/aromatic N) is 1. The van der Waals surface area contributed by atoms with Gasteiger partial charge in [-0.15, -0.1) is 23.7 Å². The molecule has 0 aliphatic carbocycles. The molecule has 0 saturated carbocycles. The Hall–Kier alpha value is -0.560. The molecule has 0 aliphatic rings. The summed E-state index contributed by atoms with van der Waals surface area (Å²) in [6, 6.07) is 3.97. The molecule has 0 atom stereocenters. The first-order valence-corrected chi connectivity index (χ1v) is 3.92. The molecule has 2 N–H and O–H groups in total. The first-order valence-electron chi connectivity index (χ1n) is 3.04. The van der Waals surface area contributed by atoms with Gasteiger partial charge in [0.05, 0.1) is 0 Å². The molecule has 1 aromatic heterocycles. The summed E-state index contributed by atoms with van der Waals surface area (Å²) in [6.45, 7) is 0.654. The van der Waals surface area contributed by atoms with Crippen molar-refractivity contribution in [3.05, 3.63) is 21.9 Å². The molecular formula is C7H9ClN2S. The highest BCUT2D eigenvalue weighted by atomic mass is 35.5. The third kappa shape index (κ3) is 2.89. The van der Waals surface area contributed by atoms with Crippen molar-refractivity contribution < 1.29 is 0 Å². The van der Waals surface area contributed by atoms with Crippen molar-refractivity contribution in [3.8, 4) is 6.07 Å². The number of nitrogens with two attached hydrogens (primary N) is 1. The lowest BCUT2D eigenvalue weighted by Crippen LogP contribution is -2.01. The van der Waals surface area contributed by atoms with Crippen LogP contribution in [0.4, 0.5) is 0 Å². The quantitative estimate of drug-likeness (QED) is 0.766. The van der Waals surface area contributed by atoms with Crippen molar-refractivity contribution in [2.45, 2.75) is 6.42 Å². The minimum Gasteiger partial charge on any atom is -0.330 e. The summed E-state index contributed by atoms with van der Waals surface area (Å²) in [5.74, 6) is 0. The molecule has 0 bridgehead atoms. The zero-order chi connectivity index (χ0) is 7.40. The van der Waals surface area contributed by atoms with Gasteiger partial charge in [-0.2, -0.15) is 5.26 Å². The number of rotatable bonds is 2. The molecule has 0 unspecified atom stereocenters. The number of nitriles is 1. The summed E-state index contributed by atoms with van der Waals surface area (Å²) >= 11 is 1.47. The average molecular weight is 189 g/mol. The van der Waals surface area contributed by atoms with Crippen LogP contribution in [0.15, 0.2) is 11.4 Å². The van der Waals surface area contributed by atoms with Crippen LogP contribution in [0.5, 0.6) is 0 Å². The van der Waals surface area contributed by atoms with E-state index in [9.17, 15) is 0 Å². The second-order valence-corrected chi connectivity index (χ2v) is 2.88. The first-order chi connectivity index (χ1) is 4.86.